The van der Waals surface area contributed by atoms with Crippen LogP contribution >= 0.6 is 11.8 Å². The summed E-state index contributed by atoms with van der Waals surface area (Å²) < 4.78 is 0. The van der Waals surface area contributed by atoms with Gasteiger partial charge in [0.15, 0.2) is 0 Å². The minimum absolute atomic E-state index is 0.0780. The zero-order chi connectivity index (χ0) is 18.8. The highest BCUT2D eigenvalue weighted by Crippen LogP contribution is 2.28. The van der Waals surface area contributed by atoms with Gasteiger partial charge in [-0.1, -0.05) is 30.0 Å². The van der Waals surface area contributed by atoms with Gasteiger partial charge in [-0.05, 0) is 50.2 Å². The first-order chi connectivity index (χ1) is 13.1. The fraction of sp³-hybridized carbons (Fsp3) is 0.143. The van der Waals surface area contributed by atoms with Crippen molar-refractivity contribution >= 4 is 45.3 Å². The van der Waals surface area contributed by atoms with Crippen LogP contribution in [-0.4, -0.2) is 26.1 Å². The summed E-state index contributed by atoms with van der Waals surface area (Å²) in [4.78, 5) is 26.3. The molecule has 2 aromatic carbocycles. The Morgan fingerprint density at radius 1 is 0.963 bits per heavy atom. The summed E-state index contributed by atoms with van der Waals surface area (Å²) in [6.45, 7) is 3.79. The molecule has 0 fully saturated rings. The number of aryl methyl sites for hydroxylation is 1. The van der Waals surface area contributed by atoms with Crippen molar-refractivity contribution < 1.29 is 4.79 Å². The number of carbonyl (C=O) groups is 1. The van der Waals surface area contributed by atoms with E-state index in [4.69, 9.17) is 0 Å². The van der Waals surface area contributed by atoms with Crippen LogP contribution in [0.4, 0.5) is 5.69 Å². The van der Waals surface area contributed by atoms with Crippen molar-refractivity contribution in [3.8, 4) is 0 Å². The van der Waals surface area contributed by atoms with Gasteiger partial charge in [0.1, 0.15) is 5.03 Å². The molecular weight excluding hydrogens is 356 g/mol. The second-order valence-corrected chi connectivity index (χ2v) is 7.56. The van der Waals surface area contributed by atoms with Gasteiger partial charge in [0.2, 0.25) is 5.91 Å². The molecule has 134 valence electrons. The Balaban J connectivity index is 1.55. The van der Waals surface area contributed by atoms with Crippen molar-refractivity contribution in [3.05, 3.63) is 66.5 Å². The van der Waals surface area contributed by atoms with E-state index in [-0.39, 0.29) is 11.2 Å². The number of thioether (sulfide) groups is 1. The van der Waals surface area contributed by atoms with Crippen molar-refractivity contribution in [2.45, 2.75) is 24.1 Å². The number of fused-ring (bicyclic) bond motifs is 2. The second-order valence-electron chi connectivity index (χ2n) is 6.23. The number of amides is 1. The fourth-order valence-corrected chi connectivity index (χ4v) is 3.72. The van der Waals surface area contributed by atoms with Crippen LogP contribution in [-0.2, 0) is 4.79 Å². The number of rotatable bonds is 4. The highest BCUT2D eigenvalue weighted by molar-refractivity contribution is 8.00. The van der Waals surface area contributed by atoms with E-state index in [0.717, 1.165) is 38.3 Å². The monoisotopic (exact) mass is 374 g/mol. The Hall–Kier alpha value is -2.99. The molecule has 2 heterocycles. The van der Waals surface area contributed by atoms with Crippen LogP contribution in [0.5, 0.6) is 0 Å². The predicted octanol–water partition coefficient (Wildman–Crippen LogP) is 4.61. The van der Waals surface area contributed by atoms with Gasteiger partial charge in [-0.3, -0.25) is 9.78 Å². The van der Waals surface area contributed by atoms with Gasteiger partial charge in [-0.15, -0.1) is 0 Å². The molecule has 0 aliphatic carbocycles. The SMILES string of the molecule is Cc1nc2ccccc2nc1S[C@@H](C)C(=O)Nc1cccc2ncccc12. The van der Waals surface area contributed by atoms with Crippen LogP contribution in [0.25, 0.3) is 21.9 Å². The number of aromatic nitrogens is 3. The normalized spacial score (nSPS) is 12.2. The molecule has 0 saturated carbocycles. The molecule has 4 rings (SSSR count). The maximum absolute atomic E-state index is 12.7. The largest absolute Gasteiger partial charge is 0.324 e. The first kappa shape index (κ1) is 17.4. The molecule has 4 aromatic rings. The standard InChI is InChI=1S/C21H18N4OS/c1-13-21(25-19-9-4-3-8-18(19)23-13)27-14(2)20(26)24-17-11-5-10-16-15(17)7-6-12-22-16/h3-12,14H,1-2H3,(H,24,26)/t14-/m0/s1. The summed E-state index contributed by atoms with van der Waals surface area (Å²) in [5.74, 6) is -0.0780. The summed E-state index contributed by atoms with van der Waals surface area (Å²) in [7, 11) is 0. The van der Waals surface area contributed by atoms with Crippen LogP contribution in [0.1, 0.15) is 12.6 Å². The lowest BCUT2D eigenvalue weighted by molar-refractivity contribution is -0.115. The number of carbonyl (C=O) groups excluding carboxylic acids is 1. The Bertz CT molecular complexity index is 1140. The van der Waals surface area contributed by atoms with Gasteiger partial charge in [-0.2, -0.15) is 0 Å². The summed E-state index contributed by atoms with van der Waals surface area (Å²) in [5.41, 5.74) is 4.14. The molecule has 1 N–H and O–H groups in total. The number of nitrogens with zero attached hydrogens (tertiary/aromatic N) is 3. The molecule has 2 aromatic heterocycles. The molecule has 0 aliphatic rings. The molecule has 0 radical (unpaired) electrons. The zero-order valence-corrected chi connectivity index (χ0v) is 15.8. The second kappa shape index (κ2) is 7.32. The minimum atomic E-state index is -0.314. The number of nitrogens with one attached hydrogen (secondary N) is 1. The highest BCUT2D eigenvalue weighted by atomic mass is 32.2. The van der Waals surface area contributed by atoms with E-state index >= 15 is 0 Å². The zero-order valence-electron chi connectivity index (χ0n) is 15.0. The fourth-order valence-electron chi connectivity index (χ4n) is 2.85. The van der Waals surface area contributed by atoms with E-state index in [1.807, 2.05) is 68.4 Å². The average Bonchev–Trinajstić information content (AvgIpc) is 2.68. The number of hydrogen-bond acceptors (Lipinski definition) is 5. The molecule has 27 heavy (non-hydrogen) atoms. The third kappa shape index (κ3) is 3.61. The van der Waals surface area contributed by atoms with Crippen LogP contribution in [0.3, 0.4) is 0 Å². The smallest absolute Gasteiger partial charge is 0.237 e. The molecule has 1 amide bonds. The van der Waals surface area contributed by atoms with Gasteiger partial charge in [-0.25, -0.2) is 9.97 Å². The summed E-state index contributed by atoms with van der Waals surface area (Å²) in [5, 5.41) is 4.40. The lowest BCUT2D eigenvalue weighted by Gasteiger charge is -2.14. The van der Waals surface area contributed by atoms with Gasteiger partial charge in [0.05, 0.1) is 33.2 Å². The van der Waals surface area contributed by atoms with Crippen molar-refractivity contribution in [1.29, 1.82) is 0 Å². The van der Waals surface area contributed by atoms with Gasteiger partial charge >= 0.3 is 0 Å². The molecule has 0 aliphatic heterocycles. The summed E-state index contributed by atoms with van der Waals surface area (Å²) in [6.07, 6.45) is 1.74. The highest BCUT2D eigenvalue weighted by Gasteiger charge is 2.18. The molecule has 0 unspecified atom stereocenters. The van der Waals surface area contributed by atoms with Gasteiger partial charge < -0.3 is 5.32 Å². The summed E-state index contributed by atoms with van der Waals surface area (Å²) in [6, 6.07) is 17.3. The van der Waals surface area contributed by atoms with E-state index in [1.54, 1.807) is 6.20 Å². The first-order valence-corrected chi connectivity index (χ1v) is 9.54. The molecule has 0 spiro atoms. The first-order valence-electron chi connectivity index (χ1n) is 8.66. The van der Waals surface area contributed by atoms with E-state index in [9.17, 15) is 4.79 Å². The molecule has 0 saturated heterocycles. The van der Waals surface area contributed by atoms with Crippen LogP contribution in [0.15, 0.2) is 65.8 Å². The van der Waals surface area contributed by atoms with Crippen LogP contribution in [0.2, 0.25) is 0 Å². The quantitative estimate of drug-likeness (QED) is 0.529. The van der Waals surface area contributed by atoms with E-state index < -0.39 is 0 Å². The lowest BCUT2D eigenvalue weighted by Crippen LogP contribution is -2.22. The Morgan fingerprint density at radius 2 is 1.70 bits per heavy atom. The Kier molecular flexibility index (Phi) is 4.73. The summed E-state index contributed by atoms with van der Waals surface area (Å²) >= 11 is 1.42. The van der Waals surface area contributed by atoms with Crippen LogP contribution in [0, 0.1) is 6.92 Å². The van der Waals surface area contributed by atoms with Crippen molar-refractivity contribution in [1.82, 2.24) is 15.0 Å². The third-order valence-electron chi connectivity index (χ3n) is 4.26. The number of para-hydroxylation sites is 2. The Morgan fingerprint density at radius 3 is 2.52 bits per heavy atom. The van der Waals surface area contributed by atoms with E-state index in [2.05, 4.69) is 20.3 Å². The number of pyridine rings is 1. The molecule has 1 atom stereocenters. The minimum Gasteiger partial charge on any atom is -0.324 e. The van der Waals surface area contributed by atoms with E-state index in [0.29, 0.717) is 0 Å². The van der Waals surface area contributed by atoms with Gasteiger partial charge in [0.25, 0.3) is 0 Å². The number of hydrogen-bond donors (Lipinski definition) is 1. The molecule has 6 heteroatoms. The number of anilines is 1. The average molecular weight is 374 g/mol. The van der Waals surface area contributed by atoms with Crippen molar-refractivity contribution in [2.75, 3.05) is 5.32 Å². The Labute approximate surface area is 161 Å². The van der Waals surface area contributed by atoms with Crippen molar-refractivity contribution in [2.24, 2.45) is 0 Å². The third-order valence-corrected chi connectivity index (χ3v) is 5.44. The molecule has 5 nitrogen and oxygen atoms in total. The topological polar surface area (TPSA) is 67.8 Å². The van der Waals surface area contributed by atoms with Crippen LogP contribution < -0.4 is 5.32 Å². The maximum Gasteiger partial charge on any atom is 0.237 e. The molecular formula is C21H18N4OS. The molecule has 0 bridgehead atoms. The van der Waals surface area contributed by atoms with Crippen molar-refractivity contribution in [3.63, 3.8) is 0 Å². The maximum atomic E-state index is 12.7. The lowest BCUT2D eigenvalue weighted by atomic mass is 10.2. The van der Waals surface area contributed by atoms with Gasteiger partial charge in [0, 0.05) is 11.6 Å². The predicted molar refractivity (Wildman–Crippen MR) is 110 cm³/mol. The number of benzene rings is 2. The van der Waals surface area contributed by atoms with E-state index in [1.165, 1.54) is 11.8 Å².